The number of fused-ring (bicyclic) bond motifs is 1. The van der Waals surface area contributed by atoms with Crippen LogP contribution in [0, 0.1) is 6.92 Å². The summed E-state index contributed by atoms with van der Waals surface area (Å²) >= 11 is 6.28. The molecule has 1 atom stereocenters. The number of likely N-dealkylation sites (tertiary alicyclic amines) is 1. The van der Waals surface area contributed by atoms with Gasteiger partial charge in [0.25, 0.3) is 0 Å². The maximum absolute atomic E-state index is 12.2. The van der Waals surface area contributed by atoms with Crippen LogP contribution in [0.5, 0.6) is 0 Å². The lowest BCUT2D eigenvalue weighted by atomic mass is 10.1. The van der Waals surface area contributed by atoms with Gasteiger partial charge in [-0.15, -0.1) is 0 Å². The van der Waals surface area contributed by atoms with Crippen molar-refractivity contribution in [3.63, 3.8) is 0 Å². The van der Waals surface area contributed by atoms with Crippen LogP contribution in [-0.2, 0) is 4.79 Å². The van der Waals surface area contributed by atoms with Crippen LogP contribution in [0.2, 0.25) is 5.02 Å². The third-order valence-corrected chi connectivity index (χ3v) is 4.30. The quantitative estimate of drug-likeness (QED) is 0.887. The van der Waals surface area contributed by atoms with E-state index in [1.54, 1.807) is 30.3 Å². The van der Waals surface area contributed by atoms with Crippen LogP contribution in [0.15, 0.2) is 24.4 Å². The number of hydrogen-bond donors (Lipinski definition) is 2. The molecule has 0 spiro atoms. The van der Waals surface area contributed by atoms with E-state index in [2.05, 4.69) is 15.6 Å². The minimum absolute atomic E-state index is 0.0818. The van der Waals surface area contributed by atoms with Crippen molar-refractivity contribution in [2.45, 2.75) is 19.4 Å². The van der Waals surface area contributed by atoms with Crippen LogP contribution >= 0.6 is 11.6 Å². The molecular formula is C16H17ClN4O2. The van der Waals surface area contributed by atoms with E-state index in [-0.39, 0.29) is 5.91 Å². The molecule has 0 radical (unpaired) electrons. The maximum Gasteiger partial charge on any atom is 0.319 e. The lowest BCUT2D eigenvalue weighted by Crippen LogP contribution is -2.42. The van der Waals surface area contributed by atoms with Gasteiger partial charge in [-0.2, -0.15) is 0 Å². The first-order chi connectivity index (χ1) is 11.0. The van der Waals surface area contributed by atoms with Crippen molar-refractivity contribution in [1.29, 1.82) is 0 Å². The number of nitrogens with zero attached hydrogens (tertiary/aromatic N) is 2. The fourth-order valence-corrected chi connectivity index (χ4v) is 3.08. The highest BCUT2D eigenvalue weighted by molar-refractivity contribution is 6.35. The number of urea groups is 1. The second-order valence-electron chi connectivity index (χ2n) is 5.65. The fraction of sp³-hybridized carbons (Fsp3) is 0.312. The Kier molecular flexibility index (Phi) is 4.09. The average molecular weight is 333 g/mol. The molecule has 0 saturated carbocycles. The van der Waals surface area contributed by atoms with Crippen LogP contribution < -0.4 is 10.6 Å². The predicted octanol–water partition coefficient (Wildman–Crippen LogP) is 2.55. The van der Waals surface area contributed by atoms with Crippen molar-refractivity contribution in [2.75, 3.05) is 18.9 Å². The lowest BCUT2D eigenvalue weighted by Gasteiger charge is -2.15. The Morgan fingerprint density at radius 2 is 2.26 bits per heavy atom. The zero-order valence-electron chi connectivity index (χ0n) is 12.9. The number of halogens is 1. The Morgan fingerprint density at radius 3 is 2.96 bits per heavy atom. The molecule has 2 aromatic rings. The van der Waals surface area contributed by atoms with E-state index >= 15 is 0 Å². The fourth-order valence-electron chi connectivity index (χ4n) is 2.77. The molecule has 3 amide bonds. The first-order valence-corrected chi connectivity index (χ1v) is 7.71. The molecule has 7 heteroatoms. The minimum atomic E-state index is -0.492. The second-order valence-corrected chi connectivity index (χ2v) is 6.06. The van der Waals surface area contributed by atoms with Crippen LogP contribution in [0.4, 0.5) is 10.5 Å². The minimum Gasteiger partial charge on any atom is -0.344 e. The van der Waals surface area contributed by atoms with Crippen LogP contribution in [0.3, 0.4) is 0 Å². The number of carbonyl (C=O) groups excluding carboxylic acids is 2. The summed E-state index contributed by atoms with van der Waals surface area (Å²) in [6.45, 7) is 2.56. The van der Waals surface area contributed by atoms with Crippen LogP contribution in [0.25, 0.3) is 10.9 Å². The number of carbonyl (C=O) groups is 2. The molecule has 3 rings (SSSR count). The molecule has 2 heterocycles. The van der Waals surface area contributed by atoms with Gasteiger partial charge in [0.2, 0.25) is 5.91 Å². The third kappa shape index (κ3) is 2.94. The molecule has 0 unspecified atom stereocenters. The van der Waals surface area contributed by atoms with E-state index in [4.69, 9.17) is 11.6 Å². The van der Waals surface area contributed by atoms with Gasteiger partial charge in [-0.25, -0.2) is 4.79 Å². The summed E-state index contributed by atoms with van der Waals surface area (Å²) in [6, 6.07) is 4.46. The number of aryl methyl sites for hydroxylation is 1. The van der Waals surface area contributed by atoms with Crippen molar-refractivity contribution < 1.29 is 9.59 Å². The number of benzene rings is 1. The van der Waals surface area contributed by atoms with Crippen molar-refractivity contribution in [3.8, 4) is 0 Å². The van der Waals surface area contributed by atoms with Gasteiger partial charge in [0.1, 0.15) is 6.04 Å². The Balaban J connectivity index is 1.84. The molecule has 23 heavy (non-hydrogen) atoms. The molecule has 6 nitrogen and oxygen atoms in total. The molecule has 120 valence electrons. The monoisotopic (exact) mass is 332 g/mol. The molecule has 1 aromatic heterocycles. The summed E-state index contributed by atoms with van der Waals surface area (Å²) in [4.78, 5) is 30.0. The Morgan fingerprint density at radius 1 is 1.48 bits per heavy atom. The van der Waals surface area contributed by atoms with Crippen LogP contribution in [0.1, 0.15) is 12.0 Å². The van der Waals surface area contributed by atoms with Gasteiger partial charge in [0.05, 0.1) is 16.2 Å². The van der Waals surface area contributed by atoms with Gasteiger partial charge in [-0.05, 0) is 37.1 Å². The highest BCUT2D eigenvalue weighted by atomic mass is 35.5. The zero-order chi connectivity index (χ0) is 16.6. The number of nitrogens with one attached hydrogen (secondary N) is 2. The number of anilines is 1. The van der Waals surface area contributed by atoms with Crippen molar-refractivity contribution in [3.05, 3.63) is 35.0 Å². The van der Waals surface area contributed by atoms with E-state index in [1.807, 2.05) is 13.0 Å². The number of likely N-dealkylation sites (N-methyl/N-ethyl adjacent to an activating group) is 1. The topological polar surface area (TPSA) is 74.3 Å². The number of rotatable bonds is 2. The van der Waals surface area contributed by atoms with Crippen molar-refractivity contribution in [1.82, 2.24) is 15.2 Å². The molecule has 1 aromatic carbocycles. The Labute approximate surface area is 138 Å². The normalized spacial score (nSPS) is 17.6. The van der Waals surface area contributed by atoms with E-state index in [9.17, 15) is 9.59 Å². The third-order valence-electron chi connectivity index (χ3n) is 4.00. The molecule has 0 aliphatic carbocycles. The summed E-state index contributed by atoms with van der Waals surface area (Å²) in [5.74, 6) is -0.0818. The average Bonchev–Trinajstić information content (AvgIpc) is 2.83. The number of pyridine rings is 1. The summed E-state index contributed by atoms with van der Waals surface area (Å²) in [5.41, 5.74) is 2.21. The summed E-state index contributed by atoms with van der Waals surface area (Å²) in [7, 11) is 1.72. The highest BCUT2D eigenvalue weighted by Gasteiger charge is 2.30. The van der Waals surface area contributed by atoms with Gasteiger partial charge < -0.3 is 15.5 Å². The first-order valence-electron chi connectivity index (χ1n) is 7.33. The van der Waals surface area contributed by atoms with Gasteiger partial charge in [0, 0.05) is 25.2 Å². The summed E-state index contributed by atoms with van der Waals surface area (Å²) in [6.07, 6.45) is 2.30. The SMILES string of the molecule is Cc1cc(Cl)c(NC(=O)N[C@H]2CCN(C)C2=O)c2cccnc12. The Hall–Kier alpha value is -2.34. The van der Waals surface area contributed by atoms with E-state index in [0.717, 1.165) is 16.5 Å². The number of hydrogen-bond acceptors (Lipinski definition) is 3. The molecule has 1 fully saturated rings. The van der Waals surface area contributed by atoms with Crippen molar-refractivity contribution >= 4 is 40.1 Å². The largest absolute Gasteiger partial charge is 0.344 e. The second kappa shape index (κ2) is 6.04. The first kappa shape index (κ1) is 15.6. The number of amides is 3. The summed E-state index contributed by atoms with van der Waals surface area (Å²) in [5, 5.41) is 6.65. The smallest absolute Gasteiger partial charge is 0.319 e. The predicted molar refractivity (Wildman–Crippen MR) is 89.7 cm³/mol. The van der Waals surface area contributed by atoms with E-state index in [1.165, 1.54) is 0 Å². The standard InChI is InChI=1S/C16H17ClN4O2/c1-9-8-11(17)14(10-4-3-6-18-13(9)10)20-16(23)19-12-5-7-21(2)15(12)22/h3-4,6,8,12H,5,7H2,1-2H3,(H2,19,20,23)/t12-/m0/s1. The molecule has 0 bridgehead atoms. The lowest BCUT2D eigenvalue weighted by molar-refractivity contribution is -0.128. The maximum atomic E-state index is 12.2. The highest BCUT2D eigenvalue weighted by Crippen LogP contribution is 2.32. The van der Waals surface area contributed by atoms with E-state index < -0.39 is 12.1 Å². The van der Waals surface area contributed by atoms with Gasteiger partial charge in [-0.1, -0.05) is 11.6 Å². The molecular weight excluding hydrogens is 316 g/mol. The molecule has 1 saturated heterocycles. The van der Waals surface area contributed by atoms with Crippen LogP contribution in [-0.4, -0.2) is 41.5 Å². The molecule has 2 N–H and O–H groups in total. The zero-order valence-corrected chi connectivity index (χ0v) is 13.6. The van der Waals surface area contributed by atoms with E-state index in [0.29, 0.717) is 23.7 Å². The van der Waals surface area contributed by atoms with Crippen molar-refractivity contribution in [2.24, 2.45) is 0 Å². The van der Waals surface area contributed by atoms with Gasteiger partial charge >= 0.3 is 6.03 Å². The Bertz CT molecular complexity index is 793. The number of aromatic nitrogens is 1. The van der Waals surface area contributed by atoms with Gasteiger partial charge in [0.15, 0.2) is 0 Å². The molecule has 1 aliphatic rings. The molecule has 1 aliphatic heterocycles. The summed E-state index contributed by atoms with van der Waals surface area (Å²) < 4.78 is 0. The van der Waals surface area contributed by atoms with Gasteiger partial charge in [-0.3, -0.25) is 9.78 Å².